The van der Waals surface area contributed by atoms with Crippen LogP contribution in [0.5, 0.6) is 5.75 Å². The van der Waals surface area contributed by atoms with Gasteiger partial charge in [-0.15, -0.1) is 0 Å². The fraction of sp³-hybridized carbons (Fsp3) is 0.500. The Morgan fingerprint density at radius 3 is 2.72 bits per heavy atom. The van der Waals surface area contributed by atoms with Crippen LogP contribution < -0.4 is 9.46 Å². The van der Waals surface area contributed by atoms with Crippen LogP contribution in [0.15, 0.2) is 24.4 Å². The summed E-state index contributed by atoms with van der Waals surface area (Å²) in [6, 6.07) is 5.63. The Labute approximate surface area is 177 Å². The largest absolute Gasteiger partial charge is 0.493 e. The van der Waals surface area contributed by atoms with E-state index in [9.17, 15) is 13.2 Å². The van der Waals surface area contributed by atoms with Crippen molar-refractivity contribution in [2.75, 3.05) is 6.61 Å². The molecule has 1 aliphatic carbocycles. The molecule has 0 aliphatic heterocycles. The summed E-state index contributed by atoms with van der Waals surface area (Å²) >= 11 is 6.46. The second-order valence-electron chi connectivity index (χ2n) is 7.29. The number of ether oxygens (including phenoxy) is 1. The molecular formula is C20H26ClN3O4S. The van der Waals surface area contributed by atoms with Crippen LogP contribution >= 0.6 is 11.6 Å². The van der Waals surface area contributed by atoms with E-state index < -0.39 is 16.8 Å². The molecule has 7 nitrogen and oxygen atoms in total. The predicted octanol–water partition coefficient (Wildman–Crippen LogP) is 3.36. The molecular weight excluding hydrogens is 414 g/mol. The van der Waals surface area contributed by atoms with E-state index in [1.807, 2.05) is 29.8 Å². The molecule has 9 heteroatoms. The number of imidazole rings is 1. The summed E-state index contributed by atoms with van der Waals surface area (Å²) in [6.07, 6.45) is 8.47. The lowest BCUT2D eigenvalue weighted by molar-refractivity contribution is 0.0978. The van der Waals surface area contributed by atoms with E-state index in [4.69, 9.17) is 16.3 Å². The van der Waals surface area contributed by atoms with Gasteiger partial charge < -0.3 is 9.30 Å². The SMILES string of the molecule is CCc1nc(C(=O)N[SH](=O)=O)cn1Cc1ccc(OCC2CCCCC2)cc1Cl. The number of nitrogens with zero attached hydrogens (tertiary/aromatic N) is 2. The Kier molecular flexibility index (Phi) is 7.55. The molecule has 2 aromatic rings. The van der Waals surface area contributed by atoms with Crippen LogP contribution in [0, 0.1) is 5.92 Å². The molecule has 1 amide bonds. The molecule has 3 rings (SSSR count). The van der Waals surface area contributed by atoms with Gasteiger partial charge in [0.05, 0.1) is 13.2 Å². The maximum absolute atomic E-state index is 11.9. The van der Waals surface area contributed by atoms with Gasteiger partial charge in [-0.2, -0.15) is 0 Å². The smallest absolute Gasteiger partial charge is 0.284 e. The number of amides is 1. The lowest BCUT2D eigenvalue weighted by atomic mass is 9.90. The van der Waals surface area contributed by atoms with Gasteiger partial charge in [0.2, 0.25) is 10.9 Å². The van der Waals surface area contributed by atoms with Crippen molar-refractivity contribution in [3.63, 3.8) is 0 Å². The Bertz CT molecular complexity index is 928. The van der Waals surface area contributed by atoms with Gasteiger partial charge in [-0.3, -0.25) is 4.79 Å². The fourth-order valence-corrected chi connectivity index (χ4v) is 4.13. The van der Waals surface area contributed by atoms with Crippen molar-refractivity contribution >= 4 is 28.4 Å². The Morgan fingerprint density at radius 2 is 2.07 bits per heavy atom. The molecule has 1 aromatic heterocycles. The van der Waals surface area contributed by atoms with Gasteiger partial charge in [-0.25, -0.2) is 18.1 Å². The first-order chi connectivity index (χ1) is 14.0. The monoisotopic (exact) mass is 439 g/mol. The van der Waals surface area contributed by atoms with Crippen LogP contribution in [-0.4, -0.2) is 30.5 Å². The quantitative estimate of drug-likeness (QED) is 0.615. The minimum Gasteiger partial charge on any atom is -0.493 e. The highest BCUT2D eigenvalue weighted by Gasteiger charge is 2.16. The molecule has 0 unspecified atom stereocenters. The molecule has 0 radical (unpaired) electrons. The zero-order valence-corrected chi connectivity index (χ0v) is 18.0. The van der Waals surface area contributed by atoms with Crippen molar-refractivity contribution in [2.24, 2.45) is 5.92 Å². The van der Waals surface area contributed by atoms with Crippen LogP contribution in [0.3, 0.4) is 0 Å². The van der Waals surface area contributed by atoms with Crippen LogP contribution in [0.4, 0.5) is 0 Å². The average molecular weight is 440 g/mol. The van der Waals surface area contributed by atoms with Crippen molar-refractivity contribution in [2.45, 2.75) is 52.0 Å². The Balaban J connectivity index is 1.68. The van der Waals surface area contributed by atoms with Crippen molar-refractivity contribution < 1.29 is 17.9 Å². The molecule has 0 saturated heterocycles. The number of benzene rings is 1. The minimum atomic E-state index is -3.02. The van der Waals surface area contributed by atoms with Gasteiger partial charge in [-0.05, 0) is 36.5 Å². The zero-order chi connectivity index (χ0) is 20.8. The number of nitrogens with one attached hydrogen (secondary N) is 1. The number of carbonyl (C=O) groups is 1. The first kappa shape index (κ1) is 21.6. The molecule has 1 aliphatic rings. The van der Waals surface area contributed by atoms with Gasteiger partial charge in [0, 0.05) is 17.6 Å². The summed E-state index contributed by atoms with van der Waals surface area (Å²) in [7, 11) is -3.02. The molecule has 0 atom stereocenters. The minimum absolute atomic E-state index is 0.0598. The summed E-state index contributed by atoms with van der Waals surface area (Å²) in [5.74, 6) is 1.30. The lowest BCUT2D eigenvalue weighted by Gasteiger charge is -2.21. The van der Waals surface area contributed by atoms with Crippen molar-refractivity contribution in [3.8, 4) is 5.75 Å². The summed E-state index contributed by atoms with van der Waals surface area (Å²) in [6.45, 7) is 3.06. The number of hydrogen-bond acceptors (Lipinski definition) is 5. The number of aryl methyl sites for hydroxylation is 1. The third kappa shape index (κ3) is 5.96. The maximum atomic E-state index is 11.9. The third-order valence-electron chi connectivity index (χ3n) is 5.18. The summed E-state index contributed by atoms with van der Waals surface area (Å²) in [5.41, 5.74) is 0.926. The van der Waals surface area contributed by atoms with Gasteiger partial charge in [-0.1, -0.05) is 43.9 Å². The highest BCUT2D eigenvalue weighted by molar-refractivity contribution is 7.71. The van der Waals surface area contributed by atoms with E-state index in [-0.39, 0.29) is 5.69 Å². The molecule has 1 aromatic carbocycles. The Hall–Kier alpha value is -2.06. The first-order valence-electron chi connectivity index (χ1n) is 9.89. The average Bonchev–Trinajstić information content (AvgIpc) is 3.12. The molecule has 1 heterocycles. The first-order valence-corrected chi connectivity index (χ1v) is 11.4. The van der Waals surface area contributed by atoms with Crippen LogP contribution in [-0.2, 0) is 23.9 Å². The summed E-state index contributed by atoms with van der Waals surface area (Å²) in [5, 5.41) is 0.579. The van der Waals surface area contributed by atoms with Crippen LogP contribution in [0.2, 0.25) is 5.02 Å². The Morgan fingerprint density at radius 1 is 1.31 bits per heavy atom. The maximum Gasteiger partial charge on any atom is 0.284 e. The van der Waals surface area contributed by atoms with E-state index in [0.717, 1.165) is 17.9 Å². The molecule has 0 spiro atoms. The number of rotatable bonds is 8. The van der Waals surface area contributed by atoms with Crippen LogP contribution in [0.25, 0.3) is 0 Å². The molecule has 1 saturated carbocycles. The zero-order valence-electron chi connectivity index (χ0n) is 16.4. The second kappa shape index (κ2) is 10.1. The number of aromatic nitrogens is 2. The molecule has 29 heavy (non-hydrogen) atoms. The van der Waals surface area contributed by atoms with Crippen molar-refractivity contribution in [3.05, 3.63) is 46.5 Å². The van der Waals surface area contributed by atoms with E-state index >= 15 is 0 Å². The normalized spacial score (nSPS) is 14.9. The van der Waals surface area contributed by atoms with E-state index in [1.54, 1.807) is 4.57 Å². The number of carbonyl (C=O) groups excluding carboxylic acids is 1. The van der Waals surface area contributed by atoms with Crippen LogP contribution in [0.1, 0.15) is 60.9 Å². The number of hydrogen-bond donors (Lipinski definition) is 2. The molecule has 0 bridgehead atoms. The number of halogens is 1. The summed E-state index contributed by atoms with van der Waals surface area (Å²) < 4.78 is 31.0. The standard InChI is InChI=1S/C20H26ClN3O4S/c1-2-19-22-18(20(25)23-29(26)27)12-24(19)11-15-8-9-16(10-17(15)21)28-13-14-6-4-3-5-7-14/h8-10,12,14,29H,2-7,11,13H2,1H3,(H,23,25,26,27). The predicted molar refractivity (Wildman–Crippen MR) is 112 cm³/mol. The number of thiol groups is 1. The topological polar surface area (TPSA) is 90.3 Å². The third-order valence-corrected chi connectivity index (χ3v) is 5.91. The highest BCUT2D eigenvalue weighted by Crippen LogP contribution is 2.27. The lowest BCUT2D eigenvalue weighted by Crippen LogP contribution is -2.21. The molecule has 158 valence electrons. The fourth-order valence-electron chi connectivity index (χ4n) is 3.62. The van der Waals surface area contributed by atoms with E-state index in [1.165, 1.54) is 38.3 Å². The second-order valence-corrected chi connectivity index (χ2v) is 8.44. The van der Waals surface area contributed by atoms with Crippen molar-refractivity contribution in [1.29, 1.82) is 0 Å². The molecule has 1 N–H and O–H groups in total. The van der Waals surface area contributed by atoms with Gasteiger partial charge in [0.15, 0.2) is 0 Å². The van der Waals surface area contributed by atoms with Gasteiger partial charge in [0.25, 0.3) is 5.91 Å². The van der Waals surface area contributed by atoms with Gasteiger partial charge in [0.1, 0.15) is 17.3 Å². The van der Waals surface area contributed by atoms with E-state index in [0.29, 0.717) is 29.7 Å². The molecule has 1 fully saturated rings. The van der Waals surface area contributed by atoms with Crippen molar-refractivity contribution in [1.82, 2.24) is 14.3 Å². The highest BCUT2D eigenvalue weighted by atomic mass is 35.5. The summed E-state index contributed by atoms with van der Waals surface area (Å²) in [4.78, 5) is 16.1. The van der Waals surface area contributed by atoms with E-state index in [2.05, 4.69) is 4.98 Å². The van der Waals surface area contributed by atoms with Gasteiger partial charge >= 0.3 is 0 Å².